The van der Waals surface area contributed by atoms with E-state index >= 15 is 0 Å². The van der Waals surface area contributed by atoms with Crippen LogP contribution in [0.5, 0.6) is 0 Å². The molecule has 1 rings (SSSR count). The molecule has 0 radical (unpaired) electrons. The molecule has 0 saturated heterocycles. The molecule has 1 aliphatic rings. The Morgan fingerprint density at radius 2 is 1.75 bits per heavy atom. The van der Waals surface area contributed by atoms with Crippen molar-refractivity contribution < 1.29 is 25.2 Å². The van der Waals surface area contributed by atoms with Crippen molar-refractivity contribution in [2.45, 2.75) is 11.6 Å². The summed E-state index contributed by atoms with van der Waals surface area (Å²) in [5, 5.41) is 36.2. The van der Waals surface area contributed by atoms with Gasteiger partial charge in [-0.1, -0.05) is 0 Å². The van der Waals surface area contributed by atoms with E-state index < -0.39 is 11.6 Å². The Bertz CT molecular complexity index is 238. The summed E-state index contributed by atoms with van der Waals surface area (Å²) < 4.78 is 4.53. The van der Waals surface area contributed by atoms with Crippen molar-refractivity contribution in [2.24, 2.45) is 0 Å². The van der Waals surface area contributed by atoms with Crippen molar-refractivity contribution in [3.8, 4) is 0 Å². The highest BCUT2D eigenvalue weighted by Gasteiger charge is 2.35. The molecule has 0 saturated carbocycles. The van der Waals surface area contributed by atoms with E-state index in [9.17, 15) is 0 Å². The van der Waals surface area contributed by atoms with Gasteiger partial charge in [-0.15, -0.1) is 0 Å². The molecule has 0 unspecified atom stereocenters. The molecule has 0 aromatic rings. The minimum Gasteiger partial charge on any atom is -0.495 e. The van der Waals surface area contributed by atoms with Crippen LogP contribution in [-0.4, -0.2) is 39.1 Å². The largest absolute Gasteiger partial charge is 0.495 e. The zero-order valence-electron chi connectivity index (χ0n) is 6.43. The Hall–Kier alpha value is -0.880. The summed E-state index contributed by atoms with van der Waals surface area (Å²) in [5.41, 5.74) is 0. The van der Waals surface area contributed by atoms with Crippen molar-refractivity contribution in [3.63, 3.8) is 0 Å². The zero-order chi connectivity index (χ0) is 9.41. The summed E-state index contributed by atoms with van der Waals surface area (Å²) >= 11 is 0. The van der Waals surface area contributed by atoms with Crippen LogP contribution in [-0.2, 0) is 4.74 Å². The van der Waals surface area contributed by atoms with E-state index in [2.05, 4.69) is 4.74 Å². The summed E-state index contributed by atoms with van der Waals surface area (Å²) in [6.07, 6.45) is 2.47. The molecule has 5 nitrogen and oxygen atoms in total. The van der Waals surface area contributed by atoms with Crippen LogP contribution in [0.1, 0.15) is 0 Å². The summed E-state index contributed by atoms with van der Waals surface area (Å²) in [6, 6.07) is 0. The number of ether oxygens (including phenoxy) is 1. The summed E-state index contributed by atoms with van der Waals surface area (Å²) in [4.78, 5) is 0. The molecule has 0 spiro atoms. The van der Waals surface area contributed by atoms with E-state index in [0.717, 1.165) is 18.2 Å². The van der Waals surface area contributed by atoms with Crippen molar-refractivity contribution in [1.29, 1.82) is 0 Å². The second-order valence-corrected chi connectivity index (χ2v) is 2.56. The molecule has 0 amide bonds. The second kappa shape index (κ2) is 2.56. The Morgan fingerprint density at radius 3 is 2.17 bits per heavy atom. The van der Waals surface area contributed by atoms with Gasteiger partial charge in [-0.2, -0.15) is 0 Å². The predicted octanol–water partition coefficient (Wildman–Crippen LogP) is -1.55. The molecule has 0 aliphatic heterocycles. The number of rotatable bonds is 1. The maximum absolute atomic E-state index is 9.12. The standard InChI is InChI=1S/C7H10O5/c1-12-5-4-6(8,9)2-3-7(5,10)11/h2-4,8-11H,1H3. The second-order valence-electron chi connectivity index (χ2n) is 2.56. The van der Waals surface area contributed by atoms with Crippen LogP contribution in [0.25, 0.3) is 0 Å². The molecule has 0 bridgehead atoms. The summed E-state index contributed by atoms with van der Waals surface area (Å²) in [5.74, 6) is -4.76. The SMILES string of the molecule is COC1=CC(O)(O)C=CC1(O)O. The lowest BCUT2D eigenvalue weighted by molar-refractivity contribution is -0.138. The van der Waals surface area contributed by atoms with Crippen LogP contribution in [0.2, 0.25) is 0 Å². The fraction of sp³-hybridized carbons (Fsp3) is 0.429. The fourth-order valence-electron chi connectivity index (χ4n) is 0.877. The van der Waals surface area contributed by atoms with E-state index in [1.54, 1.807) is 0 Å². The molecule has 0 aromatic carbocycles. The molecular weight excluding hydrogens is 164 g/mol. The fourth-order valence-corrected chi connectivity index (χ4v) is 0.877. The van der Waals surface area contributed by atoms with Gasteiger partial charge in [0.05, 0.1) is 7.11 Å². The first-order chi connectivity index (χ1) is 5.37. The average molecular weight is 174 g/mol. The first kappa shape index (κ1) is 9.21. The molecule has 68 valence electrons. The van der Waals surface area contributed by atoms with Crippen LogP contribution in [0.3, 0.4) is 0 Å². The number of hydrogen-bond acceptors (Lipinski definition) is 5. The van der Waals surface area contributed by atoms with Gasteiger partial charge in [-0.25, -0.2) is 0 Å². The minimum absolute atomic E-state index is 0.324. The van der Waals surface area contributed by atoms with Gasteiger partial charge in [0.2, 0.25) is 11.6 Å². The van der Waals surface area contributed by atoms with Crippen LogP contribution in [0.4, 0.5) is 0 Å². The third-order valence-corrected chi connectivity index (χ3v) is 1.49. The van der Waals surface area contributed by atoms with E-state index in [0.29, 0.717) is 0 Å². The van der Waals surface area contributed by atoms with E-state index in [1.165, 1.54) is 7.11 Å². The molecule has 0 aromatic heterocycles. The quantitative estimate of drug-likeness (QED) is 0.285. The summed E-state index contributed by atoms with van der Waals surface area (Å²) in [7, 11) is 1.20. The van der Waals surface area contributed by atoms with Gasteiger partial charge in [-0.3, -0.25) is 0 Å². The highest BCUT2D eigenvalue weighted by atomic mass is 16.6. The Labute approximate surface area is 68.8 Å². The lowest BCUT2D eigenvalue weighted by Crippen LogP contribution is -2.37. The lowest BCUT2D eigenvalue weighted by atomic mass is 10.0. The Kier molecular flexibility index (Phi) is 1.97. The molecule has 0 heterocycles. The minimum atomic E-state index is -2.26. The van der Waals surface area contributed by atoms with Crippen molar-refractivity contribution >= 4 is 0 Å². The lowest BCUT2D eigenvalue weighted by Gasteiger charge is -2.27. The zero-order valence-corrected chi connectivity index (χ0v) is 6.43. The van der Waals surface area contributed by atoms with E-state index in [1.807, 2.05) is 0 Å². The maximum Gasteiger partial charge on any atom is 0.243 e. The molecule has 5 heteroatoms. The van der Waals surface area contributed by atoms with E-state index in [-0.39, 0.29) is 5.76 Å². The smallest absolute Gasteiger partial charge is 0.243 e. The van der Waals surface area contributed by atoms with Crippen molar-refractivity contribution in [2.75, 3.05) is 7.11 Å². The number of methoxy groups -OCH3 is 1. The van der Waals surface area contributed by atoms with Crippen LogP contribution < -0.4 is 0 Å². The molecule has 0 atom stereocenters. The van der Waals surface area contributed by atoms with Crippen LogP contribution >= 0.6 is 0 Å². The molecule has 1 aliphatic carbocycles. The third kappa shape index (κ3) is 1.64. The van der Waals surface area contributed by atoms with E-state index in [4.69, 9.17) is 20.4 Å². The molecule has 12 heavy (non-hydrogen) atoms. The highest BCUT2D eigenvalue weighted by molar-refractivity contribution is 5.26. The molecule has 0 fully saturated rings. The maximum atomic E-state index is 9.12. The topological polar surface area (TPSA) is 90.2 Å². The van der Waals surface area contributed by atoms with Gasteiger partial charge in [0.1, 0.15) is 0 Å². The van der Waals surface area contributed by atoms with Gasteiger partial charge in [-0.05, 0) is 12.2 Å². The van der Waals surface area contributed by atoms with Gasteiger partial charge in [0.25, 0.3) is 0 Å². The number of aliphatic hydroxyl groups is 4. The van der Waals surface area contributed by atoms with Crippen molar-refractivity contribution in [1.82, 2.24) is 0 Å². The first-order valence-corrected chi connectivity index (χ1v) is 3.24. The summed E-state index contributed by atoms with van der Waals surface area (Å²) in [6.45, 7) is 0. The molecule has 4 N–H and O–H groups in total. The normalized spacial score (nSPS) is 24.9. The highest BCUT2D eigenvalue weighted by Crippen LogP contribution is 2.25. The molecular formula is C7H10O5. The Balaban J connectivity index is 3.00. The first-order valence-electron chi connectivity index (χ1n) is 3.24. The third-order valence-electron chi connectivity index (χ3n) is 1.49. The van der Waals surface area contributed by atoms with Gasteiger partial charge >= 0.3 is 0 Å². The van der Waals surface area contributed by atoms with Crippen LogP contribution in [0, 0.1) is 0 Å². The van der Waals surface area contributed by atoms with Gasteiger partial charge in [0.15, 0.2) is 5.76 Å². The van der Waals surface area contributed by atoms with Crippen molar-refractivity contribution in [3.05, 3.63) is 24.0 Å². The Morgan fingerprint density at radius 1 is 1.17 bits per heavy atom. The monoisotopic (exact) mass is 174 g/mol. The van der Waals surface area contributed by atoms with Crippen LogP contribution in [0.15, 0.2) is 24.0 Å². The number of hydrogen-bond donors (Lipinski definition) is 4. The predicted molar refractivity (Wildman–Crippen MR) is 38.6 cm³/mol. The average Bonchev–Trinajstić information content (AvgIpc) is 1.95. The van der Waals surface area contributed by atoms with Gasteiger partial charge in [0, 0.05) is 6.08 Å². The van der Waals surface area contributed by atoms with Gasteiger partial charge < -0.3 is 25.2 Å².